The lowest BCUT2D eigenvalue weighted by Gasteiger charge is -2.48. The van der Waals surface area contributed by atoms with Gasteiger partial charge in [-0.3, -0.25) is 0 Å². The van der Waals surface area contributed by atoms with Crippen molar-refractivity contribution in [1.82, 2.24) is 5.32 Å². The normalized spacial score (nSPS) is 36.7. The van der Waals surface area contributed by atoms with E-state index in [0.717, 1.165) is 12.8 Å². The smallest absolute Gasteiger partial charge is 0.410 e. The number of amides is 1. The Bertz CT molecular complexity index is 558. The highest BCUT2D eigenvalue weighted by Gasteiger charge is 2.64. The first kappa shape index (κ1) is 20.1. The number of fused-ring (bicyclic) bond motifs is 1. The molecule has 1 spiro atoms. The topological polar surface area (TPSA) is 75.3 Å². The molecule has 0 aromatic rings. The van der Waals surface area contributed by atoms with Gasteiger partial charge < -0.3 is 28.7 Å². The highest BCUT2D eigenvalue weighted by molar-refractivity contribution is 6.74. The van der Waals surface area contributed by atoms with Gasteiger partial charge in [-0.15, -0.1) is 0 Å². The third-order valence-corrected chi connectivity index (χ3v) is 10.8. The van der Waals surface area contributed by atoms with Crippen LogP contribution in [0.4, 0.5) is 4.79 Å². The Balaban J connectivity index is 1.94. The van der Waals surface area contributed by atoms with Gasteiger partial charge in [0.05, 0.1) is 13.2 Å². The maximum atomic E-state index is 11.8. The minimum Gasteiger partial charge on any atom is -0.412 e. The van der Waals surface area contributed by atoms with E-state index >= 15 is 0 Å². The fourth-order valence-corrected chi connectivity index (χ4v) is 4.84. The first-order valence-corrected chi connectivity index (χ1v) is 12.5. The van der Waals surface area contributed by atoms with Crippen LogP contribution >= 0.6 is 0 Å². The van der Waals surface area contributed by atoms with Crippen molar-refractivity contribution in [2.45, 2.75) is 95.5 Å². The van der Waals surface area contributed by atoms with Crippen molar-refractivity contribution in [2.75, 3.05) is 13.2 Å². The van der Waals surface area contributed by atoms with Crippen LogP contribution in [0.25, 0.3) is 0 Å². The summed E-state index contributed by atoms with van der Waals surface area (Å²) in [6.45, 7) is 15.6. The molecule has 3 heterocycles. The zero-order chi connectivity index (χ0) is 19.4. The van der Waals surface area contributed by atoms with Gasteiger partial charge in [-0.2, -0.15) is 0 Å². The summed E-state index contributed by atoms with van der Waals surface area (Å²) in [5, 5.41) is 2.72. The molecule has 0 bridgehead atoms. The molecule has 0 aromatic carbocycles. The molecule has 3 rings (SSSR count). The van der Waals surface area contributed by atoms with Crippen molar-refractivity contribution in [3.05, 3.63) is 0 Å². The Morgan fingerprint density at radius 1 is 1.23 bits per heavy atom. The number of carbonyl (C=O) groups excluding carboxylic acids is 1. The van der Waals surface area contributed by atoms with Crippen LogP contribution < -0.4 is 5.32 Å². The molecule has 0 aliphatic carbocycles. The van der Waals surface area contributed by atoms with E-state index in [2.05, 4.69) is 53.0 Å². The first-order chi connectivity index (χ1) is 12.0. The second-order valence-corrected chi connectivity index (χ2v) is 13.8. The summed E-state index contributed by atoms with van der Waals surface area (Å²) in [5.41, 5.74) is 0. The largest absolute Gasteiger partial charge is 0.412 e. The van der Waals surface area contributed by atoms with Crippen molar-refractivity contribution in [3.63, 3.8) is 0 Å². The van der Waals surface area contributed by atoms with Crippen molar-refractivity contribution in [2.24, 2.45) is 0 Å². The molecule has 0 aromatic heterocycles. The Morgan fingerprint density at radius 3 is 2.38 bits per heavy atom. The second-order valence-electron chi connectivity index (χ2n) is 9.02. The Hall–Kier alpha value is -0.673. The molecule has 26 heavy (non-hydrogen) atoms. The lowest BCUT2D eigenvalue weighted by atomic mass is 9.97. The van der Waals surface area contributed by atoms with Gasteiger partial charge >= 0.3 is 6.09 Å². The summed E-state index contributed by atoms with van der Waals surface area (Å²) < 4.78 is 31.0. The molecule has 7 nitrogen and oxygen atoms in total. The molecule has 3 fully saturated rings. The third-order valence-electron chi connectivity index (χ3n) is 6.36. The second kappa shape index (κ2) is 6.44. The minimum absolute atomic E-state index is 0.00321. The molecule has 150 valence electrons. The zero-order valence-corrected chi connectivity index (χ0v) is 18.0. The number of nitrogens with one attached hydrogen (secondary N) is 1. The van der Waals surface area contributed by atoms with Crippen LogP contribution in [0.2, 0.25) is 18.1 Å². The van der Waals surface area contributed by atoms with E-state index in [9.17, 15) is 4.79 Å². The van der Waals surface area contributed by atoms with Crippen LogP contribution in [0.15, 0.2) is 0 Å². The minimum atomic E-state index is -2.17. The summed E-state index contributed by atoms with van der Waals surface area (Å²) >= 11 is 0. The highest BCUT2D eigenvalue weighted by Crippen LogP contribution is 2.47. The number of carbonyl (C=O) groups is 1. The molecule has 4 atom stereocenters. The average Bonchev–Trinajstić information content (AvgIpc) is 3.12. The molecule has 1 N–H and O–H groups in total. The van der Waals surface area contributed by atoms with Crippen molar-refractivity contribution >= 4 is 14.4 Å². The fourth-order valence-electron chi connectivity index (χ4n) is 3.53. The number of ether oxygens (including phenoxy) is 4. The van der Waals surface area contributed by atoms with E-state index in [1.54, 1.807) is 0 Å². The van der Waals surface area contributed by atoms with Gasteiger partial charge in [0.1, 0.15) is 18.3 Å². The lowest BCUT2D eigenvalue weighted by molar-refractivity contribution is -0.282. The predicted molar refractivity (Wildman–Crippen MR) is 98.3 cm³/mol. The number of hydrogen-bond donors (Lipinski definition) is 1. The molecule has 0 saturated carbocycles. The van der Waals surface area contributed by atoms with Crippen LogP contribution in [0.5, 0.6) is 0 Å². The molecule has 3 aliphatic rings. The summed E-state index contributed by atoms with van der Waals surface area (Å²) in [7, 11) is -2.17. The number of hydrogen-bond acceptors (Lipinski definition) is 6. The molecule has 1 unspecified atom stereocenters. The SMILES string of the molecule is CCC1(CC)OC2[C@@H](CO[C@]3(CNC(=O)O3)[C@H]2O[Si](C)(C)C(C)(C)C)O1. The Labute approximate surface area is 157 Å². The van der Waals surface area contributed by atoms with Crippen LogP contribution in [0.3, 0.4) is 0 Å². The predicted octanol–water partition coefficient (Wildman–Crippen LogP) is 3.14. The Kier molecular flexibility index (Phi) is 4.97. The van der Waals surface area contributed by atoms with E-state index in [1.165, 1.54) is 0 Å². The fraction of sp³-hybridized carbons (Fsp3) is 0.944. The molecular formula is C18H33NO6Si. The molecule has 8 heteroatoms. The number of rotatable bonds is 4. The molecule has 3 aliphatic heterocycles. The quantitative estimate of drug-likeness (QED) is 0.747. The van der Waals surface area contributed by atoms with Crippen molar-refractivity contribution < 1.29 is 28.2 Å². The lowest BCUT2D eigenvalue weighted by Crippen LogP contribution is -2.65. The molecule has 1 amide bonds. The van der Waals surface area contributed by atoms with Crippen LogP contribution in [-0.2, 0) is 23.4 Å². The first-order valence-electron chi connectivity index (χ1n) is 9.62. The highest BCUT2D eigenvalue weighted by atomic mass is 28.4. The monoisotopic (exact) mass is 387 g/mol. The van der Waals surface area contributed by atoms with Gasteiger partial charge in [-0.05, 0) is 31.0 Å². The van der Waals surface area contributed by atoms with Crippen molar-refractivity contribution in [3.8, 4) is 0 Å². The molecule has 0 radical (unpaired) electrons. The van der Waals surface area contributed by atoms with E-state index in [1.807, 2.05) is 0 Å². The summed E-state index contributed by atoms with van der Waals surface area (Å²) in [6, 6.07) is 0. The summed E-state index contributed by atoms with van der Waals surface area (Å²) in [6.07, 6.45) is -0.0764. The van der Waals surface area contributed by atoms with Gasteiger partial charge in [-0.1, -0.05) is 34.6 Å². The van der Waals surface area contributed by atoms with Crippen LogP contribution in [0, 0.1) is 0 Å². The van der Waals surface area contributed by atoms with E-state index in [4.69, 9.17) is 23.4 Å². The van der Waals surface area contributed by atoms with Gasteiger partial charge in [0.15, 0.2) is 14.1 Å². The summed E-state index contributed by atoms with van der Waals surface area (Å²) in [5.74, 6) is -1.79. The van der Waals surface area contributed by atoms with E-state index < -0.39 is 32.1 Å². The Morgan fingerprint density at radius 2 is 1.88 bits per heavy atom. The number of alkyl carbamates (subject to hydrolysis) is 1. The third kappa shape index (κ3) is 3.20. The van der Waals surface area contributed by atoms with Crippen molar-refractivity contribution in [1.29, 1.82) is 0 Å². The standard InChI is InChI=1S/C18H33NO6Si/c1-8-17(9-2)22-12-10-21-18(11-19-15(20)24-18)14(13(12)23-17)25-26(6,7)16(3,4)5/h12-14H,8-11H2,1-7H3,(H,19,20)/t12-,13?,14+,18+/m1/s1. The van der Waals surface area contributed by atoms with Crippen LogP contribution in [0.1, 0.15) is 47.5 Å². The average molecular weight is 388 g/mol. The van der Waals surface area contributed by atoms with Crippen LogP contribution in [-0.4, -0.2) is 57.4 Å². The zero-order valence-electron chi connectivity index (χ0n) is 17.0. The molecule has 3 saturated heterocycles. The van der Waals surface area contributed by atoms with E-state index in [-0.39, 0.29) is 23.8 Å². The van der Waals surface area contributed by atoms with Gasteiger partial charge in [-0.25, -0.2) is 4.79 Å². The summed E-state index contributed by atoms with van der Waals surface area (Å²) in [4.78, 5) is 11.8. The van der Waals surface area contributed by atoms with Gasteiger partial charge in [0, 0.05) is 0 Å². The van der Waals surface area contributed by atoms with E-state index in [0.29, 0.717) is 6.61 Å². The maximum absolute atomic E-state index is 11.8. The van der Waals surface area contributed by atoms with Gasteiger partial charge in [0.25, 0.3) is 5.79 Å². The molecular weight excluding hydrogens is 354 g/mol. The van der Waals surface area contributed by atoms with Gasteiger partial charge in [0.2, 0.25) is 0 Å². The maximum Gasteiger partial charge on any atom is 0.410 e.